The fraction of sp³-hybridized carbons (Fsp3) is 0.636. The Morgan fingerprint density at radius 3 is 1.24 bits per heavy atom. The molecular formula is C33H52O12. The minimum absolute atomic E-state index is 0.0540. The molecular weight excluding hydrogens is 588 g/mol. The van der Waals surface area contributed by atoms with Gasteiger partial charge >= 0.3 is 0 Å². The number of ether oxygens (including phenoxy) is 12. The van der Waals surface area contributed by atoms with Gasteiger partial charge in [-0.15, -0.1) is 0 Å². The van der Waals surface area contributed by atoms with Crippen LogP contribution >= 0.6 is 0 Å². The van der Waals surface area contributed by atoms with Gasteiger partial charge in [-0.25, -0.2) is 0 Å². The molecule has 2 aromatic rings. The predicted octanol–water partition coefficient (Wildman–Crippen LogP) is 5.95. The molecule has 0 heterocycles. The Balaban J connectivity index is 2.41. The molecule has 0 bridgehead atoms. The van der Waals surface area contributed by atoms with Gasteiger partial charge in [-0.1, -0.05) is 19.8 Å². The second-order valence-corrected chi connectivity index (χ2v) is 9.97. The van der Waals surface area contributed by atoms with Crippen LogP contribution in [-0.4, -0.2) is 84.1 Å². The Morgan fingerprint density at radius 2 is 0.822 bits per heavy atom. The van der Waals surface area contributed by atoms with Crippen LogP contribution in [0.5, 0.6) is 46.0 Å². The molecule has 0 fully saturated rings. The molecule has 45 heavy (non-hydrogen) atoms. The van der Waals surface area contributed by atoms with Gasteiger partial charge in [0.05, 0.1) is 28.4 Å². The molecule has 0 amide bonds. The van der Waals surface area contributed by atoms with Crippen LogP contribution in [-0.2, 0) is 38.2 Å². The maximum Gasteiger partial charge on any atom is 0.188 e. The van der Waals surface area contributed by atoms with Gasteiger partial charge in [0.15, 0.2) is 73.2 Å². The van der Waals surface area contributed by atoms with Crippen LogP contribution in [0, 0.1) is 0 Å². The summed E-state index contributed by atoms with van der Waals surface area (Å²) in [6.45, 7) is 2.38. The molecule has 0 aliphatic rings. The summed E-state index contributed by atoms with van der Waals surface area (Å²) in [7, 11) is 12.7. The summed E-state index contributed by atoms with van der Waals surface area (Å²) in [6.07, 6.45) is 6.43. The highest BCUT2D eigenvalue weighted by Crippen LogP contribution is 2.50. The molecule has 0 radical (unpaired) electrons. The lowest BCUT2D eigenvalue weighted by atomic mass is 9.96. The van der Waals surface area contributed by atoms with Crippen LogP contribution < -0.4 is 37.9 Å². The molecule has 0 spiro atoms. The van der Waals surface area contributed by atoms with Gasteiger partial charge in [-0.2, -0.15) is 0 Å². The lowest BCUT2D eigenvalue weighted by Gasteiger charge is -2.24. The molecule has 0 N–H and O–H groups in total. The Morgan fingerprint density at radius 1 is 0.400 bits per heavy atom. The van der Waals surface area contributed by atoms with E-state index in [-0.39, 0.29) is 27.2 Å². The van der Waals surface area contributed by atoms with E-state index in [1.54, 1.807) is 62.9 Å². The highest BCUT2D eigenvalue weighted by molar-refractivity contribution is 5.67. The zero-order chi connectivity index (χ0) is 33.0. The van der Waals surface area contributed by atoms with Gasteiger partial charge in [0, 0.05) is 51.2 Å². The molecule has 2 rings (SSSR count). The summed E-state index contributed by atoms with van der Waals surface area (Å²) in [6, 6.07) is 1.72. The van der Waals surface area contributed by atoms with Crippen molar-refractivity contribution in [2.24, 2.45) is 0 Å². The summed E-state index contributed by atoms with van der Waals surface area (Å²) in [4.78, 5) is 0. The first kappa shape index (κ1) is 37.9. The molecule has 12 nitrogen and oxygen atoms in total. The van der Waals surface area contributed by atoms with E-state index in [2.05, 4.69) is 6.92 Å². The van der Waals surface area contributed by atoms with E-state index in [1.807, 2.05) is 0 Å². The second-order valence-electron chi connectivity index (χ2n) is 9.97. The van der Waals surface area contributed by atoms with E-state index >= 15 is 0 Å². The van der Waals surface area contributed by atoms with Crippen molar-refractivity contribution >= 4 is 0 Å². The number of methoxy groups -OCH3 is 8. The average molecular weight is 641 g/mol. The number of rotatable bonds is 25. The topological polar surface area (TPSA) is 111 Å². The van der Waals surface area contributed by atoms with Gasteiger partial charge < -0.3 is 56.8 Å². The van der Waals surface area contributed by atoms with Gasteiger partial charge in [-0.3, -0.25) is 0 Å². The molecule has 12 heteroatoms. The Bertz CT molecular complexity index is 1140. The van der Waals surface area contributed by atoms with Crippen molar-refractivity contribution in [1.29, 1.82) is 0 Å². The fourth-order valence-corrected chi connectivity index (χ4v) is 5.07. The van der Waals surface area contributed by atoms with E-state index < -0.39 is 0 Å². The van der Waals surface area contributed by atoms with Gasteiger partial charge in [0.2, 0.25) is 0 Å². The van der Waals surface area contributed by atoms with E-state index in [0.717, 1.165) is 55.2 Å². The molecule has 2 aromatic carbocycles. The maximum atomic E-state index is 6.11. The number of hydrogen-bond donors (Lipinski definition) is 0. The van der Waals surface area contributed by atoms with Crippen molar-refractivity contribution < 1.29 is 56.8 Å². The van der Waals surface area contributed by atoms with Crippen molar-refractivity contribution in [2.75, 3.05) is 84.1 Å². The number of unbranched alkanes of at least 4 members (excludes halogenated alkanes) is 3. The predicted molar refractivity (Wildman–Crippen MR) is 169 cm³/mol. The number of hydrogen-bond acceptors (Lipinski definition) is 12. The Labute approximate surface area is 268 Å². The summed E-state index contributed by atoms with van der Waals surface area (Å²) >= 11 is 0. The lowest BCUT2D eigenvalue weighted by Crippen LogP contribution is -2.11. The summed E-state index contributed by atoms with van der Waals surface area (Å²) < 4.78 is 68.0. The second kappa shape index (κ2) is 21.4. The molecule has 256 valence electrons. The summed E-state index contributed by atoms with van der Waals surface area (Å²) in [5.74, 6) is 4.54. The van der Waals surface area contributed by atoms with Crippen LogP contribution in [0.3, 0.4) is 0 Å². The highest BCUT2D eigenvalue weighted by Gasteiger charge is 2.28. The van der Waals surface area contributed by atoms with Gasteiger partial charge in [0.25, 0.3) is 0 Å². The van der Waals surface area contributed by atoms with Crippen LogP contribution in [0.15, 0.2) is 6.07 Å². The van der Waals surface area contributed by atoms with Crippen molar-refractivity contribution in [3.05, 3.63) is 22.8 Å². The largest absolute Gasteiger partial charge is 0.493 e. The van der Waals surface area contributed by atoms with E-state index in [0.29, 0.717) is 58.8 Å². The van der Waals surface area contributed by atoms with Crippen LogP contribution in [0.2, 0.25) is 0 Å². The van der Waals surface area contributed by atoms with E-state index in [1.165, 1.54) is 0 Å². The summed E-state index contributed by atoms with van der Waals surface area (Å²) in [5, 5.41) is 0. The molecule has 0 saturated carbocycles. The van der Waals surface area contributed by atoms with Crippen molar-refractivity contribution in [1.82, 2.24) is 0 Å². The van der Waals surface area contributed by atoms with E-state index in [9.17, 15) is 0 Å². The third kappa shape index (κ3) is 10.4. The monoisotopic (exact) mass is 640 g/mol. The molecule has 0 aromatic heterocycles. The number of benzene rings is 2. The smallest absolute Gasteiger partial charge is 0.188 e. The van der Waals surface area contributed by atoms with Crippen molar-refractivity contribution in [3.63, 3.8) is 0 Å². The first-order valence-corrected chi connectivity index (χ1v) is 15.1. The maximum absolute atomic E-state index is 6.11. The molecule has 0 aliphatic carbocycles. The van der Waals surface area contributed by atoms with Gasteiger partial charge in [-0.05, 0) is 38.5 Å². The highest BCUT2D eigenvalue weighted by atomic mass is 16.7. The van der Waals surface area contributed by atoms with Crippen molar-refractivity contribution in [3.8, 4) is 46.0 Å². The zero-order valence-electron chi connectivity index (χ0n) is 28.5. The molecule has 0 unspecified atom stereocenters. The standard InChI is InChI=1S/C33H52O12/c1-10-11-15-24-30(40-8)33(45-22-37-5)25(31(41-9)32(24)44-21-36-4)17-14-12-13-16-23-28(39-7)27(42-19-34-2)18-26(38-6)29(23)43-20-35-3/h18H,10-17,19-22H2,1-9H3. The average Bonchev–Trinajstić information content (AvgIpc) is 3.06. The third-order valence-electron chi connectivity index (χ3n) is 7.03. The zero-order valence-corrected chi connectivity index (χ0v) is 28.5. The normalized spacial score (nSPS) is 10.9. The molecule has 0 atom stereocenters. The fourth-order valence-electron chi connectivity index (χ4n) is 5.07. The van der Waals surface area contributed by atoms with Crippen LogP contribution in [0.25, 0.3) is 0 Å². The van der Waals surface area contributed by atoms with Crippen LogP contribution in [0.1, 0.15) is 55.7 Å². The SMILES string of the molecule is CCCCc1c(OC)c(OCOC)c(CCCCCc2c(OC)c(OCOC)cc(OC)c2OCOC)c(OC)c1OCOC. The molecule has 0 aliphatic heterocycles. The van der Waals surface area contributed by atoms with Gasteiger partial charge in [0.1, 0.15) is 0 Å². The Kier molecular flexibility index (Phi) is 18.0. The Hall–Kier alpha value is -3.32. The lowest BCUT2D eigenvalue weighted by molar-refractivity contribution is 0.0437. The van der Waals surface area contributed by atoms with Crippen LogP contribution in [0.4, 0.5) is 0 Å². The van der Waals surface area contributed by atoms with E-state index in [4.69, 9.17) is 56.8 Å². The summed E-state index contributed by atoms with van der Waals surface area (Å²) in [5.41, 5.74) is 2.54. The minimum Gasteiger partial charge on any atom is -0.493 e. The first-order chi connectivity index (χ1) is 22.0. The minimum atomic E-state index is 0.0540. The third-order valence-corrected chi connectivity index (χ3v) is 7.03. The first-order valence-electron chi connectivity index (χ1n) is 15.1. The quantitative estimate of drug-likeness (QED) is 0.0945. The van der Waals surface area contributed by atoms with Crippen molar-refractivity contribution in [2.45, 2.75) is 58.3 Å². The molecule has 0 saturated heterocycles.